The fourth-order valence-corrected chi connectivity index (χ4v) is 4.44. The molecule has 0 bridgehead atoms. The normalized spacial score (nSPS) is 28.3. The lowest BCUT2D eigenvalue weighted by molar-refractivity contribution is 0.0610. The number of rotatable bonds is 1. The smallest absolute Gasteiger partial charge is 0.101 e. The van der Waals surface area contributed by atoms with E-state index >= 15 is 0 Å². The van der Waals surface area contributed by atoms with Gasteiger partial charge in [-0.2, -0.15) is 5.26 Å². The Balaban J connectivity index is 1.74. The number of piperidine rings is 1. The number of nitrogens with one attached hydrogen (secondary N) is 1. The van der Waals surface area contributed by atoms with Crippen molar-refractivity contribution in [3.63, 3.8) is 0 Å². The van der Waals surface area contributed by atoms with Gasteiger partial charge in [-0.05, 0) is 43.4 Å². The van der Waals surface area contributed by atoms with E-state index in [-0.39, 0.29) is 0 Å². The molecule has 2 saturated heterocycles. The van der Waals surface area contributed by atoms with E-state index in [1.165, 1.54) is 18.4 Å². The van der Waals surface area contributed by atoms with Crippen molar-refractivity contribution < 1.29 is 0 Å². The minimum Gasteiger partial charge on any atom is -0.314 e. The van der Waals surface area contributed by atoms with Crippen molar-refractivity contribution in [2.45, 2.75) is 37.8 Å². The van der Waals surface area contributed by atoms with Crippen LogP contribution < -0.4 is 5.32 Å². The molecule has 1 aromatic heterocycles. The quantitative estimate of drug-likeness (QED) is 0.880. The summed E-state index contributed by atoms with van der Waals surface area (Å²) in [6, 6.07) is 11.7. The van der Waals surface area contributed by atoms with Crippen molar-refractivity contribution >= 4 is 10.9 Å². The minimum atomic E-state index is 0.547. The third-order valence-corrected chi connectivity index (χ3v) is 5.51. The molecule has 3 heterocycles. The zero-order valence-electron chi connectivity index (χ0n) is 13.5. The zero-order valence-corrected chi connectivity index (χ0v) is 13.5. The standard InChI is InChI=1S/C19H22N4/c1-13-9-15(10-16-12-21-7-8-23(13)16)17-5-4-14(11-20)19-18(17)3-2-6-22-19/h2-6,13,15-16,21H,7-10,12H2,1H3/t13-,15?,16-/m1/s1. The van der Waals surface area contributed by atoms with Crippen LogP contribution in [0.2, 0.25) is 0 Å². The van der Waals surface area contributed by atoms with Gasteiger partial charge in [0.25, 0.3) is 0 Å². The lowest BCUT2D eigenvalue weighted by Gasteiger charge is -2.47. The van der Waals surface area contributed by atoms with Gasteiger partial charge in [0, 0.05) is 43.3 Å². The monoisotopic (exact) mass is 306 g/mol. The van der Waals surface area contributed by atoms with Gasteiger partial charge in [-0.1, -0.05) is 12.1 Å². The third kappa shape index (κ3) is 2.50. The maximum absolute atomic E-state index is 9.33. The molecule has 2 aromatic rings. The van der Waals surface area contributed by atoms with Gasteiger partial charge in [0.05, 0.1) is 11.1 Å². The Morgan fingerprint density at radius 1 is 1.30 bits per heavy atom. The van der Waals surface area contributed by atoms with E-state index in [1.807, 2.05) is 12.1 Å². The number of fused-ring (bicyclic) bond motifs is 2. The Hall–Kier alpha value is -1.96. The lowest BCUT2D eigenvalue weighted by Crippen LogP contribution is -2.57. The van der Waals surface area contributed by atoms with Gasteiger partial charge in [0.1, 0.15) is 6.07 Å². The van der Waals surface area contributed by atoms with E-state index in [0.29, 0.717) is 23.6 Å². The predicted molar refractivity (Wildman–Crippen MR) is 91.3 cm³/mol. The predicted octanol–water partition coefficient (Wildman–Crippen LogP) is 2.65. The molecular formula is C19H22N4. The fourth-order valence-electron chi connectivity index (χ4n) is 4.44. The fraction of sp³-hybridized carbons (Fsp3) is 0.474. The van der Waals surface area contributed by atoms with Gasteiger partial charge in [0.2, 0.25) is 0 Å². The molecule has 23 heavy (non-hydrogen) atoms. The van der Waals surface area contributed by atoms with E-state index in [0.717, 1.165) is 30.5 Å². The van der Waals surface area contributed by atoms with Gasteiger partial charge < -0.3 is 5.32 Å². The molecule has 2 aliphatic heterocycles. The Bertz CT molecular complexity index is 764. The highest BCUT2D eigenvalue weighted by Crippen LogP contribution is 2.38. The maximum Gasteiger partial charge on any atom is 0.101 e. The van der Waals surface area contributed by atoms with Crippen LogP contribution in [0.5, 0.6) is 0 Å². The Kier molecular flexibility index (Phi) is 3.76. The van der Waals surface area contributed by atoms with Crippen LogP contribution in [0.1, 0.15) is 36.8 Å². The van der Waals surface area contributed by atoms with E-state index in [4.69, 9.17) is 0 Å². The number of nitrogens with zero attached hydrogens (tertiary/aromatic N) is 3. The summed E-state index contributed by atoms with van der Waals surface area (Å²) >= 11 is 0. The van der Waals surface area contributed by atoms with Gasteiger partial charge in [-0.3, -0.25) is 9.88 Å². The van der Waals surface area contributed by atoms with Crippen LogP contribution in [0, 0.1) is 11.3 Å². The first-order chi connectivity index (χ1) is 11.3. The summed E-state index contributed by atoms with van der Waals surface area (Å²) in [4.78, 5) is 7.13. The molecule has 0 saturated carbocycles. The molecule has 2 fully saturated rings. The summed E-state index contributed by atoms with van der Waals surface area (Å²) in [6.07, 6.45) is 4.16. The molecule has 4 rings (SSSR count). The van der Waals surface area contributed by atoms with E-state index in [1.54, 1.807) is 6.20 Å². The van der Waals surface area contributed by atoms with E-state index in [2.05, 4.69) is 40.3 Å². The number of hydrogen-bond acceptors (Lipinski definition) is 4. The van der Waals surface area contributed by atoms with Crippen molar-refractivity contribution in [1.82, 2.24) is 15.2 Å². The molecule has 3 atom stereocenters. The van der Waals surface area contributed by atoms with Crippen LogP contribution in [0.25, 0.3) is 10.9 Å². The first kappa shape index (κ1) is 14.6. The van der Waals surface area contributed by atoms with Crippen molar-refractivity contribution in [1.29, 1.82) is 5.26 Å². The average Bonchev–Trinajstić information content (AvgIpc) is 2.60. The lowest BCUT2D eigenvalue weighted by atomic mass is 9.79. The molecular weight excluding hydrogens is 284 g/mol. The molecule has 2 aliphatic rings. The topological polar surface area (TPSA) is 52.0 Å². The number of pyridine rings is 1. The average molecular weight is 306 g/mol. The van der Waals surface area contributed by atoms with Crippen molar-refractivity contribution in [3.05, 3.63) is 41.6 Å². The summed E-state index contributed by atoms with van der Waals surface area (Å²) in [5.41, 5.74) is 2.89. The van der Waals surface area contributed by atoms with Crippen molar-refractivity contribution in [3.8, 4) is 6.07 Å². The SMILES string of the molecule is C[C@@H]1CC(c2ccc(C#N)c3ncccc23)C[C@@H]2CNCCN21. The van der Waals surface area contributed by atoms with Gasteiger partial charge in [0.15, 0.2) is 0 Å². The second kappa shape index (κ2) is 5.92. The van der Waals surface area contributed by atoms with Crippen molar-refractivity contribution in [2.24, 2.45) is 0 Å². The second-order valence-corrected chi connectivity index (χ2v) is 6.83. The van der Waals surface area contributed by atoms with Gasteiger partial charge >= 0.3 is 0 Å². The first-order valence-corrected chi connectivity index (χ1v) is 8.52. The largest absolute Gasteiger partial charge is 0.314 e. The number of nitriles is 1. The molecule has 118 valence electrons. The Labute approximate surface area is 137 Å². The van der Waals surface area contributed by atoms with Crippen LogP contribution in [0.3, 0.4) is 0 Å². The summed E-state index contributed by atoms with van der Waals surface area (Å²) in [6.45, 7) is 5.71. The van der Waals surface area contributed by atoms with Crippen molar-refractivity contribution in [2.75, 3.05) is 19.6 Å². The Morgan fingerprint density at radius 3 is 3.09 bits per heavy atom. The molecule has 4 heteroatoms. The van der Waals surface area contributed by atoms with Crippen LogP contribution in [-0.4, -0.2) is 41.6 Å². The van der Waals surface area contributed by atoms with Crippen LogP contribution in [0.15, 0.2) is 30.5 Å². The molecule has 1 aromatic carbocycles. The highest BCUT2D eigenvalue weighted by atomic mass is 15.2. The van der Waals surface area contributed by atoms with Crippen LogP contribution in [0.4, 0.5) is 0 Å². The summed E-state index contributed by atoms with van der Waals surface area (Å²) in [5.74, 6) is 0.547. The third-order valence-electron chi connectivity index (χ3n) is 5.51. The van der Waals surface area contributed by atoms with Crippen LogP contribution >= 0.6 is 0 Å². The van der Waals surface area contributed by atoms with E-state index in [9.17, 15) is 5.26 Å². The molecule has 1 N–H and O–H groups in total. The molecule has 0 aliphatic carbocycles. The number of hydrogen-bond donors (Lipinski definition) is 1. The first-order valence-electron chi connectivity index (χ1n) is 8.52. The van der Waals surface area contributed by atoms with Gasteiger partial charge in [-0.15, -0.1) is 0 Å². The molecule has 0 spiro atoms. The molecule has 4 nitrogen and oxygen atoms in total. The Morgan fingerprint density at radius 2 is 2.22 bits per heavy atom. The van der Waals surface area contributed by atoms with E-state index < -0.39 is 0 Å². The number of piperazine rings is 1. The minimum absolute atomic E-state index is 0.547. The second-order valence-electron chi connectivity index (χ2n) is 6.83. The number of benzene rings is 1. The number of aromatic nitrogens is 1. The maximum atomic E-state index is 9.33. The molecule has 0 radical (unpaired) electrons. The summed E-state index contributed by atoms with van der Waals surface area (Å²) in [5, 5.41) is 14.0. The molecule has 1 unspecified atom stereocenters. The van der Waals surface area contributed by atoms with Gasteiger partial charge in [-0.25, -0.2) is 0 Å². The zero-order chi connectivity index (χ0) is 15.8. The highest BCUT2D eigenvalue weighted by Gasteiger charge is 2.35. The molecule has 0 amide bonds. The summed E-state index contributed by atoms with van der Waals surface area (Å²) < 4.78 is 0. The summed E-state index contributed by atoms with van der Waals surface area (Å²) in [7, 11) is 0. The highest BCUT2D eigenvalue weighted by molar-refractivity contribution is 5.87. The van der Waals surface area contributed by atoms with Crippen LogP contribution in [-0.2, 0) is 0 Å².